The highest BCUT2D eigenvalue weighted by atomic mass is 19.3. The summed E-state index contributed by atoms with van der Waals surface area (Å²) in [5.74, 6) is -2.67. The molecule has 7 nitrogen and oxygen atoms in total. The van der Waals surface area contributed by atoms with Gasteiger partial charge in [-0.05, 0) is 30.3 Å². The van der Waals surface area contributed by atoms with Gasteiger partial charge in [-0.15, -0.1) is 0 Å². The van der Waals surface area contributed by atoms with Gasteiger partial charge in [0.1, 0.15) is 5.75 Å². The Morgan fingerprint density at radius 2 is 1.89 bits per heavy atom. The summed E-state index contributed by atoms with van der Waals surface area (Å²) in [4.78, 5) is 16.9. The van der Waals surface area contributed by atoms with Crippen LogP contribution in [0.2, 0.25) is 0 Å². The van der Waals surface area contributed by atoms with Crippen LogP contribution in [0.15, 0.2) is 53.6 Å². The molecule has 0 unspecified atom stereocenters. The molecule has 0 aliphatic carbocycles. The topological polar surface area (TPSA) is 79.1 Å². The van der Waals surface area contributed by atoms with Gasteiger partial charge in [0, 0.05) is 18.6 Å². The first-order valence-electron chi connectivity index (χ1n) is 7.93. The van der Waals surface area contributed by atoms with E-state index in [4.69, 9.17) is 9.47 Å². The molecule has 0 fully saturated rings. The largest absolute Gasteiger partial charge is 0.487 e. The van der Waals surface area contributed by atoms with Crippen molar-refractivity contribution in [3.05, 3.63) is 59.1 Å². The van der Waals surface area contributed by atoms with Crippen LogP contribution in [-0.2, 0) is 0 Å². The van der Waals surface area contributed by atoms with E-state index in [-0.39, 0.29) is 17.3 Å². The molecule has 3 rings (SSSR count). The molecule has 0 aliphatic rings. The van der Waals surface area contributed by atoms with Crippen LogP contribution in [0.3, 0.4) is 0 Å². The van der Waals surface area contributed by atoms with Gasteiger partial charge in [-0.25, -0.2) is 13.3 Å². The maximum Gasteiger partial charge on any atom is 0.304 e. The smallest absolute Gasteiger partial charge is 0.304 e. The van der Waals surface area contributed by atoms with Crippen molar-refractivity contribution in [2.24, 2.45) is 0 Å². The lowest BCUT2D eigenvalue weighted by Crippen LogP contribution is -2.21. The number of hydrogen-bond acceptors (Lipinski definition) is 6. The number of nitrogens with zero attached hydrogens (tertiary/aromatic N) is 4. The molecule has 140 valence electrons. The number of alkyl halides is 2. The van der Waals surface area contributed by atoms with E-state index in [0.717, 1.165) is 6.92 Å². The lowest BCUT2D eigenvalue weighted by Gasteiger charge is -2.14. The number of methoxy groups -OCH3 is 1. The lowest BCUT2D eigenvalue weighted by molar-refractivity contribution is -0.0229. The molecule has 0 spiro atoms. The molecular weight excluding hydrogens is 358 g/mol. The highest BCUT2D eigenvalue weighted by Gasteiger charge is 2.22. The quantitative estimate of drug-likeness (QED) is 0.660. The summed E-state index contributed by atoms with van der Waals surface area (Å²) in [7, 11) is 1.40. The minimum Gasteiger partial charge on any atom is -0.487 e. The minimum atomic E-state index is -2.93. The Hall–Kier alpha value is -3.36. The van der Waals surface area contributed by atoms with Gasteiger partial charge in [0.25, 0.3) is 11.5 Å². The molecule has 0 aliphatic heterocycles. The zero-order chi connectivity index (χ0) is 19.4. The highest BCUT2D eigenvalue weighted by molar-refractivity contribution is 5.57. The van der Waals surface area contributed by atoms with E-state index in [0.29, 0.717) is 16.9 Å². The predicted molar refractivity (Wildman–Crippen MR) is 93.5 cm³/mol. The van der Waals surface area contributed by atoms with Crippen LogP contribution in [-0.4, -0.2) is 39.4 Å². The zero-order valence-electron chi connectivity index (χ0n) is 14.6. The fourth-order valence-electron chi connectivity index (χ4n) is 2.33. The Bertz CT molecular complexity index is 971. The van der Waals surface area contributed by atoms with Gasteiger partial charge in [0.05, 0.1) is 30.9 Å². The van der Waals surface area contributed by atoms with Gasteiger partial charge in [0.2, 0.25) is 0 Å². The zero-order valence-corrected chi connectivity index (χ0v) is 14.6. The minimum absolute atomic E-state index is 0.0723. The number of ether oxygens (including phenoxy) is 2. The number of benzene rings is 1. The molecule has 0 atom stereocenters. The molecule has 2 aromatic heterocycles. The second-order valence-electron chi connectivity index (χ2n) is 5.79. The van der Waals surface area contributed by atoms with E-state index >= 15 is 0 Å². The normalized spacial score (nSPS) is 11.3. The molecule has 27 heavy (non-hydrogen) atoms. The van der Waals surface area contributed by atoms with E-state index in [2.05, 4.69) is 15.2 Å². The van der Waals surface area contributed by atoms with Gasteiger partial charge in [-0.3, -0.25) is 4.79 Å². The van der Waals surface area contributed by atoms with Crippen molar-refractivity contribution in [2.75, 3.05) is 13.7 Å². The molecule has 2 heterocycles. The predicted octanol–water partition coefficient (Wildman–Crippen LogP) is 2.73. The molecule has 0 saturated carbocycles. The number of aromatic nitrogens is 4. The summed E-state index contributed by atoms with van der Waals surface area (Å²) in [6, 6.07) is 9.20. The van der Waals surface area contributed by atoms with E-state index in [1.165, 1.54) is 42.3 Å². The fraction of sp³-hybridized carbons (Fsp3) is 0.222. The molecule has 0 amide bonds. The molecule has 0 N–H and O–H groups in total. The summed E-state index contributed by atoms with van der Waals surface area (Å²) in [6.45, 7) is 0.0448. The molecule has 1 aromatic carbocycles. The first-order chi connectivity index (χ1) is 12.9. The van der Waals surface area contributed by atoms with Crippen molar-refractivity contribution in [3.63, 3.8) is 0 Å². The highest BCUT2D eigenvalue weighted by Crippen LogP contribution is 2.22. The maximum absolute atomic E-state index is 12.9. The molecule has 0 radical (unpaired) electrons. The van der Waals surface area contributed by atoms with Gasteiger partial charge in [-0.1, -0.05) is 0 Å². The Kier molecular flexibility index (Phi) is 5.11. The summed E-state index contributed by atoms with van der Waals surface area (Å²) >= 11 is 0. The van der Waals surface area contributed by atoms with E-state index in [1.54, 1.807) is 18.2 Å². The summed E-state index contributed by atoms with van der Waals surface area (Å²) < 4.78 is 37.3. The summed E-state index contributed by atoms with van der Waals surface area (Å²) in [6.07, 6.45) is 2.98. The average molecular weight is 374 g/mol. The average Bonchev–Trinajstić information content (AvgIpc) is 2.66. The second kappa shape index (κ2) is 7.48. The summed E-state index contributed by atoms with van der Waals surface area (Å²) in [5.41, 5.74) is 1.10. The van der Waals surface area contributed by atoms with Crippen molar-refractivity contribution in [3.8, 4) is 28.7 Å². The van der Waals surface area contributed by atoms with E-state index in [1.807, 2.05) is 0 Å². The molecule has 0 bridgehead atoms. The van der Waals surface area contributed by atoms with Crippen LogP contribution in [0.5, 0.6) is 11.8 Å². The Labute approximate surface area is 153 Å². The van der Waals surface area contributed by atoms with Crippen LogP contribution >= 0.6 is 0 Å². The number of hydrogen-bond donors (Lipinski definition) is 0. The second-order valence-corrected chi connectivity index (χ2v) is 5.79. The van der Waals surface area contributed by atoms with Crippen molar-refractivity contribution in [1.82, 2.24) is 19.7 Å². The van der Waals surface area contributed by atoms with E-state index in [9.17, 15) is 13.6 Å². The van der Waals surface area contributed by atoms with Gasteiger partial charge >= 0.3 is 6.01 Å². The molecule has 0 saturated heterocycles. The van der Waals surface area contributed by atoms with Crippen molar-refractivity contribution in [2.45, 2.75) is 12.8 Å². The number of halogens is 2. The fourth-order valence-corrected chi connectivity index (χ4v) is 2.33. The van der Waals surface area contributed by atoms with Crippen LogP contribution in [0, 0.1) is 0 Å². The Morgan fingerprint density at radius 3 is 2.48 bits per heavy atom. The third-order valence-corrected chi connectivity index (χ3v) is 3.54. The molecular formula is C18H16F2N4O3. The third-order valence-electron chi connectivity index (χ3n) is 3.54. The first kappa shape index (κ1) is 18.4. The lowest BCUT2D eigenvalue weighted by atomic mass is 10.2. The van der Waals surface area contributed by atoms with Crippen molar-refractivity contribution in [1.29, 1.82) is 0 Å². The van der Waals surface area contributed by atoms with Crippen LogP contribution in [0.25, 0.3) is 16.9 Å². The van der Waals surface area contributed by atoms with Crippen molar-refractivity contribution < 1.29 is 18.3 Å². The van der Waals surface area contributed by atoms with Crippen LogP contribution in [0.1, 0.15) is 6.92 Å². The summed E-state index contributed by atoms with van der Waals surface area (Å²) in [5, 5.41) is 7.45. The number of rotatable bonds is 6. The van der Waals surface area contributed by atoms with Gasteiger partial charge < -0.3 is 9.47 Å². The van der Waals surface area contributed by atoms with E-state index < -0.39 is 12.5 Å². The van der Waals surface area contributed by atoms with Crippen LogP contribution < -0.4 is 15.0 Å². The Morgan fingerprint density at radius 1 is 1.15 bits per heavy atom. The first-order valence-corrected chi connectivity index (χ1v) is 7.93. The maximum atomic E-state index is 12.9. The Balaban J connectivity index is 1.93. The third kappa shape index (κ3) is 4.43. The van der Waals surface area contributed by atoms with Gasteiger partial charge in [-0.2, -0.15) is 15.2 Å². The van der Waals surface area contributed by atoms with Crippen molar-refractivity contribution >= 4 is 0 Å². The standard InChI is InChI=1S/C18H16F2N4O3/c1-18(19,20)11-27-14-5-3-13(4-6-14)24-16(25)9-15(23-17(24)26-2)12-7-8-21-22-10-12/h3-10H,11H2,1-2H3. The molecule has 3 aromatic rings. The SMILES string of the molecule is COc1nc(-c2ccnnc2)cc(=O)n1-c1ccc(OCC(C)(F)F)cc1. The van der Waals surface area contributed by atoms with Gasteiger partial charge in [0.15, 0.2) is 6.61 Å². The molecule has 9 heteroatoms. The monoisotopic (exact) mass is 374 g/mol. The van der Waals surface area contributed by atoms with Crippen LogP contribution in [0.4, 0.5) is 8.78 Å².